The Labute approximate surface area is 149 Å². The fourth-order valence-electron chi connectivity index (χ4n) is 4.16. The predicted molar refractivity (Wildman–Crippen MR) is 96.7 cm³/mol. The number of rotatable bonds is 4. The number of aliphatic imine (C=N–C) groups is 1. The molecular formula is C19H29N3O3. The summed E-state index contributed by atoms with van der Waals surface area (Å²) < 4.78 is 10.4. The van der Waals surface area contributed by atoms with Crippen LogP contribution in [0.5, 0.6) is 0 Å². The number of carbonyl (C=O) groups excluding carboxylic acids is 1. The molecule has 0 atom stereocenters. The fourth-order valence-corrected chi connectivity index (χ4v) is 4.16. The Morgan fingerprint density at radius 1 is 1.40 bits per heavy atom. The number of hydrogen-bond acceptors (Lipinski definition) is 4. The van der Waals surface area contributed by atoms with E-state index < -0.39 is 0 Å². The molecule has 1 aliphatic carbocycles. The van der Waals surface area contributed by atoms with Crippen molar-refractivity contribution in [2.45, 2.75) is 52.5 Å². The first-order valence-electron chi connectivity index (χ1n) is 9.28. The minimum atomic E-state index is -0.369. The molecule has 1 aromatic heterocycles. The summed E-state index contributed by atoms with van der Waals surface area (Å²) >= 11 is 0. The largest absolute Gasteiger partial charge is 0.465 e. The minimum Gasteiger partial charge on any atom is -0.465 e. The second kappa shape index (κ2) is 7.50. The number of carbonyl (C=O) groups is 1. The van der Waals surface area contributed by atoms with Crippen LogP contribution in [0.1, 0.15) is 60.9 Å². The lowest BCUT2D eigenvalue weighted by atomic mass is 9.86. The number of esters is 1. The van der Waals surface area contributed by atoms with Crippen molar-refractivity contribution in [1.82, 2.24) is 10.2 Å². The van der Waals surface area contributed by atoms with Crippen LogP contribution in [0.25, 0.3) is 0 Å². The number of nitrogens with one attached hydrogen (secondary N) is 1. The maximum atomic E-state index is 11.7. The van der Waals surface area contributed by atoms with Crippen LogP contribution < -0.4 is 5.32 Å². The number of methoxy groups -OCH3 is 1. The van der Waals surface area contributed by atoms with Gasteiger partial charge < -0.3 is 19.4 Å². The molecule has 1 N–H and O–H groups in total. The maximum Gasteiger partial charge on any atom is 0.341 e. The lowest BCUT2D eigenvalue weighted by molar-refractivity contribution is 0.0599. The zero-order valence-electron chi connectivity index (χ0n) is 15.6. The third-order valence-corrected chi connectivity index (χ3v) is 5.50. The number of guanidine groups is 1. The van der Waals surface area contributed by atoms with Crippen molar-refractivity contribution >= 4 is 11.9 Å². The number of ether oxygens (including phenoxy) is 1. The van der Waals surface area contributed by atoms with Crippen LogP contribution >= 0.6 is 0 Å². The van der Waals surface area contributed by atoms with Crippen molar-refractivity contribution in [1.29, 1.82) is 0 Å². The smallest absolute Gasteiger partial charge is 0.341 e. The van der Waals surface area contributed by atoms with E-state index in [1.165, 1.54) is 39.2 Å². The van der Waals surface area contributed by atoms with Crippen molar-refractivity contribution in [3.63, 3.8) is 0 Å². The van der Waals surface area contributed by atoms with E-state index in [9.17, 15) is 4.79 Å². The van der Waals surface area contributed by atoms with Gasteiger partial charge in [-0.15, -0.1) is 0 Å². The lowest BCUT2D eigenvalue weighted by Gasteiger charge is -2.25. The Morgan fingerprint density at radius 3 is 2.84 bits per heavy atom. The second-order valence-electron chi connectivity index (χ2n) is 7.22. The Bertz CT molecular complexity index is 644. The molecule has 1 spiro atoms. The summed E-state index contributed by atoms with van der Waals surface area (Å²) in [6.45, 7) is 7.29. The van der Waals surface area contributed by atoms with E-state index >= 15 is 0 Å². The van der Waals surface area contributed by atoms with Crippen LogP contribution in [0.4, 0.5) is 0 Å². The zero-order chi connectivity index (χ0) is 17.9. The van der Waals surface area contributed by atoms with E-state index in [1.807, 2.05) is 0 Å². The van der Waals surface area contributed by atoms with E-state index in [-0.39, 0.29) is 5.97 Å². The molecule has 6 nitrogen and oxygen atoms in total. The molecule has 0 unspecified atom stereocenters. The van der Waals surface area contributed by atoms with Gasteiger partial charge in [0, 0.05) is 19.6 Å². The second-order valence-corrected chi connectivity index (χ2v) is 7.22. The highest BCUT2D eigenvalue weighted by atomic mass is 16.5. The van der Waals surface area contributed by atoms with Gasteiger partial charge in [0.25, 0.3) is 0 Å². The molecule has 0 radical (unpaired) electrons. The van der Waals surface area contributed by atoms with Gasteiger partial charge in [0.15, 0.2) is 5.96 Å². The minimum absolute atomic E-state index is 0.369. The van der Waals surface area contributed by atoms with Crippen LogP contribution in [0, 0.1) is 12.3 Å². The van der Waals surface area contributed by atoms with E-state index in [0.717, 1.165) is 25.6 Å². The molecule has 0 amide bonds. The average molecular weight is 347 g/mol. The van der Waals surface area contributed by atoms with Gasteiger partial charge in [-0.1, -0.05) is 12.8 Å². The number of furan rings is 1. The highest BCUT2D eigenvalue weighted by Crippen LogP contribution is 2.45. The summed E-state index contributed by atoms with van der Waals surface area (Å²) in [7, 11) is 1.38. The summed E-state index contributed by atoms with van der Waals surface area (Å²) in [4.78, 5) is 18.8. The summed E-state index contributed by atoms with van der Waals surface area (Å²) in [5.41, 5.74) is 0.985. The molecule has 138 valence electrons. The molecule has 1 saturated carbocycles. The van der Waals surface area contributed by atoms with Gasteiger partial charge in [0.2, 0.25) is 0 Å². The van der Waals surface area contributed by atoms with Gasteiger partial charge in [0.05, 0.1) is 7.11 Å². The van der Waals surface area contributed by atoms with Gasteiger partial charge in [0.1, 0.15) is 23.6 Å². The quantitative estimate of drug-likeness (QED) is 0.515. The fraction of sp³-hybridized carbons (Fsp3) is 0.684. The van der Waals surface area contributed by atoms with Gasteiger partial charge in [-0.3, -0.25) is 0 Å². The van der Waals surface area contributed by atoms with Crippen LogP contribution in [-0.2, 0) is 11.3 Å². The summed E-state index contributed by atoms with van der Waals surface area (Å²) in [5.74, 6) is 1.84. The van der Waals surface area contributed by atoms with E-state index in [1.54, 1.807) is 13.0 Å². The van der Waals surface area contributed by atoms with E-state index in [4.69, 9.17) is 14.1 Å². The molecule has 25 heavy (non-hydrogen) atoms. The lowest BCUT2D eigenvalue weighted by Crippen LogP contribution is -2.41. The van der Waals surface area contributed by atoms with Gasteiger partial charge >= 0.3 is 5.97 Å². The molecule has 3 rings (SSSR count). The standard InChI is InChI=1S/C19H29N3O3/c1-4-20-18(22-10-9-19(13-22)7-5-6-8-19)21-12-15-11-16(14(2)25-15)17(23)24-3/h11H,4-10,12-13H2,1-3H3,(H,20,21). The molecule has 0 aromatic carbocycles. The first kappa shape index (κ1) is 17.8. The van der Waals surface area contributed by atoms with Crippen LogP contribution in [0.15, 0.2) is 15.5 Å². The topological polar surface area (TPSA) is 67.1 Å². The van der Waals surface area contributed by atoms with Crippen molar-refractivity contribution in [3.8, 4) is 0 Å². The Kier molecular flexibility index (Phi) is 5.35. The van der Waals surface area contributed by atoms with Crippen LogP contribution in [-0.4, -0.2) is 43.6 Å². The van der Waals surface area contributed by atoms with Crippen LogP contribution in [0.3, 0.4) is 0 Å². The normalized spacial score (nSPS) is 19.6. The first-order valence-corrected chi connectivity index (χ1v) is 9.28. The molecule has 1 saturated heterocycles. The molecule has 2 heterocycles. The van der Waals surface area contributed by atoms with Gasteiger partial charge in [-0.05, 0) is 44.6 Å². The highest BCUT2D eigenvalue weighted by Gasteiger charge is 2.41. The molecule has 0 bridgehead atoms. The SMILES string of the molecule is CCNC(=NCc1cc(C(=O)OC)c(C)o1)N1CCC2(CCCC2)C1. The monoisotopic (exact) mass is 347 g/mol. The zero-order valence-corrected chi connectivity index (χ0v) is 15.6. The number of hydrogen-bond donors (Lipinski definition) is 1. The van der Waals surface area contributed by atoms with Crippen molar-refractivity contribution < 1.29 is 13.9 Å². The van der Waals surface area contributed by atoms with Gasteiger partial charge in [-0.2, -0.15) is 0 Å². The maximum absolute atomic E-state index is 11.7. The number of aryl methyl sites for hydroxylation is 1. The number of nitrogens with zero attached hydrogens (tertiary/aromatic N) is 2. The highest BCUT2D eigenvalue weighted by molar-refractivity contribution is 5.90. The summed E-state index contributed by atoms with van der Waals surface area (Å²) in [6, 6.07) is 1.73. The van der Waals surface area contributed by atoms with E-state index in [2.05, 4.69) is 17.1 Å². The third kappa shape index (κ3) is 3.83. The molecule has 2 fully saturated rings. The van der Waals surface area contributed by atoms with Crippen molar-refractivity contribution in [2.24, 2.45) is 10.4 Å². The Hall–Kier alpha value is -1.98. The molecule has 6 heteroatoms. The van der Waals surface area contributed by atoms with Crippen molar-refractivity contribution in [2.75, 3.05) is 26.7 Å². The van der Waals surface area contributed by atoms with E-state index in [0.29, 0.717) is 29.0 Å². The van der Waals surface area contributed by atoms with Gasteiger partial charge in [-0.25, -0.2) is 9.79 Å². The van der Waals surface area contributed by atoms with Crippen LogP contribution in [0.2, 0.25) is 0 Å². The summed E-state index contributed by atoms with van der Waals surface area (Å²) in [6.07, 6.45) is 6.70. The molecular weight excluding hydrogens is 318 g/mol. The molecule has 2 aliphatic rings. The number of likely N-dealkylation sites (tertiary alicyclic amines) is 1. The van der Waals surface area contributed by atoms with Crippen molar-refractivity contribution in [3.05, 3.63) is 23.2 Å². The first-order chi connectivity index (χ1) is 12.1. The third-order valence-electron chi connectivity index (χ3n) is 5.50. The predicted octanol–water partition coefficient (Wildman–Crippen LogP) is 3.11. The average Bonchev–Trinajstić information content (AvgIpc) is 3.33. The summed E-state index contributed by atoms with van der Waals surface area (Å²) in [5, 5.41) is 3.40. The Balaban J connectivity index is 1.69. The molecule has 1 aliphatic heterocycles. The Morgan fingerprint density at radius 2 is 2.16 bits per heavy atom. The molecule has 1 aromatic rings.